The van der Waals surface area contributed by atoms with E-state index in [1.54, 1.807) is 30.3 Å². The first kappa shape index (κ1) is 22.2. The molecule has 0 radical (unpaired) electrons. The Morgan fingerprint density at radius 1 is 0.909 bits per heavy atom. The van der Waals surface area contributed by atoms with E-state index in [2.05, 4.69) is 15.5 Å². The molecule has 168 valence electrons. The van der Waals surface area contributed by atoms with Crippen molar-refractivity contribution in [2.24, 2.45) is 0 Å². The van der Waals surface area contributed by atoms with Crippen molar-refractivity contribution in [2.75, 3.05) is 26.1 Å². The van der Waals surface area contributed by atoms with Crippen LogP contribution in [0.15, 0.2) is 71.1 Å². The van der Waals surface area contributed by atoms with Crippen LogP contribution in [0.5, 0.6) is 17.2 Å². The van der Waals surface area contributed by atoms with Crippen molar-refractivity contribution in [1.29, 1.82) is 0 Å². The normalized spacial score (nSPS) is 10.5. The molecule has 0 unspecified atom stereocenters. The Morgan fingerprint density at radius 2 is 1.61 bits per heavy atom. The van der Waals surface area contributed by atoms with Gasteiger partial charge in [0.25, 0.3) is 11.8 Å². The molecule has 0 saturated heterocycles. The predicted octanol–water partition coefficient (Wildman–Crippen LogP) is 5.09. The number of hydrogen-bond donors (Lipinski definition) is 1. The molecule has 0 aliphatic carbocycles. The highest BCUT2D eigenvalue weighted by molar-refractivity contribution is 6.32. The average molecular weight is 466 g/mol. The molecule has 0 fully saturated rings. The van der Waals surface area contributed by atoms with Crippen LogP contribution < -0.4 is 19.5 Å². The molecule has 1 amide bonds. The SMILES string of the molecule is COc1cc(OC)c(NC(=O)COc2ccccc2-c2nnc(-c3ccccc3)o2)cc1Cl. The minimum Gasteiger partial charge on any atom is -0.495 e. The molecule has 33 heavy (non-hydrogen) atoms. The molecular formula is C24H20ClN3O5. The third-order valence-electron chi connectivity index (χ3n) is 4.67. The van der Waals surface area contributed by atoms with Gasteiger partial charge in [-0.25, -0.2) is 0 Å². The lowest BCUT2D eigenvalue weighted by Gasteiger charge is -2.14. The minimum absolute atomic E-state index is 0.260. The topological polar surface area (TPSA) is 95.7 Å². The zero-order valence-electron chi connectivity index (χ0n) is 17.9. The fourth-order valence-corrected chi connectivity index (χ4v) is 3.33. The summed E-state index contributed by atoms with van der Waals surface area (Å²) in [6.07, 6.45) is 0. The maximum Gasteiger partial charge on any atom is 0.262 e. The Kier molecular flexibility index (Phi) is 6.75. The van der Waals surface area contributed by atoms with Crippen molar-refractivity contribution >= 4 is 23.2 Å². The van der Waals surface area contributed by atoms with E-state index in [1.807, 2.05) is 36.4 Å². The van der Waals surface area contributed by atoms with Gasteiger partial charge in [0.05, 0.1) is 30.5 Å². The second kappa shape index (κ2) is 10.1. The molecule has 0 atom stereocenters. The quantitative estimate of drug-likeness (QED) is 0.387. The summed E-state index contributed by atoms with van der Waals surface area (Å²) >= 11 is 6.16. The van der Waals surface area contributed by atoms with Crippen LogP contribution in [0.1, 0.15) is 0 Å². The van der Waals surface area contributed by atoms with E-state index in [0.717, 1.165) is 5.56 Å². The number of carbonyl (C=O) groups is 1. The fourth-order valence-electron chi connectivity index (χ4n) is 3.09. The van der Waals surface area contributed by atoms with Crippen LogP contribution in [0.4, 0.5) is 5.69 Å². The lowest BCUT2D eigenvalue weighted by molar-refractivity contribution is -0.118. The summed E-state index contributed by atoms with van der Waals surface area (Å²) in [5.74, 6) is 1.54. The molecule has 1 N–H and O–H groups in total. The van der Waals surface area contributed by atoms with E-state index in [-0.39, 0.29) is 12.5 Å². The summed E-state index contributed by atoms with van der Waals surface area (Å²) in [7, 11) is 2.98. The van der Waals surface area contributed by atoms with Crippen LogP contribution in [-0.4, -0.2) is 36.9 Å². The molecule has 9 heteroatoms. The summed E-state index contributed by atoms with van der Waals surface area (Å²) in [6.45, 7) is -0.260. The number of rotatable bonds is 8. The first-order chi connectivity index (χ1) is 16.1. The molecule has 1 heterocycles. The van der Waals surface area contributed by atoms with Gasteiger partial charge in [0, 0.05) is 11.6 Å². The number of benzene rings is 3. The van der Waals surface area contributed by atoms with Gasteiger partial charge < -0.3 is 23.9 Å². The highest BCUT2D eigenvalue weighted by Crippen LogP contribution is 2.36. The van der Waals surface area contributed by atoms with Gasteiger partial charge in [-0.2, -0.15) is 0 Å². The molecule has 1 aromatic heterocycles. The lowest BCUT2D eigenvalue weighted by atomic mass is 10.2. The largest absolute Gasteiger partial charge is 0.495 e. The second-order valence-electron chi connectivity index (χ2n) is 6.80. The van der Waals surface area contributed by atoms with E-state index in [4.69, 9.17) is 30.2 Å². The molecule has 3 aromatic carbocycles. The van der Waals surface area contributed by atoms with Crippen LogP contribution in [0.25, 0.3) is 22.9 Å². The number of anilines is 1. The van der Waals surface area contributed by atoms with Crippen LogP contribution in [-0.2, 0) is 4.79 Å². The number of ether oxygens (including phenoxy) is 3. The first-order valence-corrected chi connectivity index (χ1v) is 10.3. The molecule has 0 aliphatic heterocycles. The number of aromatic nitrogens is 2. The van der Waals surface area contributed by atoms with Gasteiger partial charge in [-0.3, -0.25) is 4.79 Å². The molecule has 4 aromatic rings. The number of nitrogens with one attached hydrogen (secondary N) is 1. The van der Waals surface area contributed by atoms with Gasteiger partial charge in [-0.15, -0.1) is 10.2 Å². The van der Waals surface area contributed by atoms with Gasteiger partial charge in [-0.05, 0) is 30.3 Å². The summed E-state index contributed by atoms with van der Waals surface area (Å²) in [4.78, 5) is 12.5. The predicted molar refractivity (Wildman–Crippen MR) is 124 cm³/mol. The highest BCUT2D eigenvalue weighted by atomic mass is 35.5. The maximum absolute atomic E-state index is 12.5. The minimum atomic E-state index is -0.403. The van der Waals surface area contributed by atoms with E-state index >= 15 is 0 Å². The number of hydrogen-bond acceptors (Lipinski definition) is 7. The van der Waals surface area contributed by atoms with Gasteiger partial charge in [0.1, 0.15) is 17.2 Å². The van der Waals surface area contributed by atoms with Crippen molar-refractivity contribution in [2.45, 2.75) is 0 Å². The molecule has 0 aliphatic rings. The smallest absolute Gasteiger partial charge is 0.262 e. The van der Waals surface area contributed by atoms with Crippen molar-refractivity contribution in [3.05, 3.63) is 71.8 Å². The lowest BCUT2D eigenvalue weighted by Crippen LogP contribution is -2.20. The number of methoxy groups -OCH3 is 2. The monoisotopic (exact) mass is 465 g/mol. The zero-order chi connectivity index (χ0) is 23.2. The van der Waals surface area contributed by atoms with Crippen molar-refractivity contribution in [3.63, 3.8) is 0 Å². The molecule has 8 nitrogen and oxygen atoms in total. The van der Waals surface area contributed by atoms with E-state index in [1.165, 1.54) is 14.2 Å². The van der Waals surface area contributed by atoms with Crippen molar-refractivity contribution in [3.8, 4) is 40.2 Å². The van der Waals surface area contributed by atoms with Crippen LogP contribution >= 0.6 is 11.6 Å². The van der Waals surface area contributed by atoms with Gasteiger partial charge in [0.2, 0.25) is 5.89 Å². The summed E-state index contributed by atoms with van der Waals surface area (Å²) in [5.41, 5.74) is 1.78. The number of carbonyl (C=O) groups excluding carboxylic acids is 1. The van der Waals surface area contributed by atoms with Gasteiger partial charge >= 0.3 is 0 Å². The Balaban J connectivity index is 1.48. The maximum atomic E-state index is 12.5. The van der Waals surface area contributed by atoms with E-state index in [0.29, 0.717) is 39.4 Å². The number of nitrogens with zero attached hydrogens (tertiary/aromatic N) is 2. The molecule has 4 rings (SSSR count). The van der Waals surface area contributed by atoms with Crippen molar-refractivity contribution < 1.29 is 23.4 Å². The van der Waals surface area contributed by atoms with Crippen LogP contribution in [0, 0.1) is 0 Å². The molecule has 0 spiro atoms. The Hall–Kier alpha value is -4.04. The van der Waals surface area contributed by atoms with E-state index < -0.39 is 5.91 Å². The highest BCUT2D eigenvalue weighted by Gasteiger charge is 2.17. The molecule has 0 saturated carbocycles. The number of para-hydroxylation sites is 1. The second-order valence-corrected chi connectivity index (χ2v) is 7.21. The summed E-state index contributed by atoms with van der Waals surface area (Å²) < 4.78 is 22.0. The first-order valence-electron chi connectivity index (χ1n) is 9.91. The molecular weight excluding hydrogens is 446 g/mol. The third kappa shape index (κ3) is 5.07. The number of amides is 1. The Labute approximate surface area is 195 Å². The Morgan fingerprint density at radius 3 is 2.36 bits per heavy atom. The number of halogens is 1. The Bertz CT molecular complexity index is 1260. The van der Waals surface area contributed by atoms with E-state index in [9.17, 15) is 4.79 Å². The van der Waals surface area contributed by atoms with Gasteiger partial charge in [-0.1, -0.05) is 41.9 Å². The van der Waals surface area contributed by atoms with Crippen LogP contribution in [0.3, 0.4) is 0 Å². The van der Waals surface area contributed by atoms with Gasteiger partial charge in [0.15, 0.2) is 6.61 Å². The molecule has 0 bridgehead atoms. The fraction of sp³-hybridized carbons (Fsp3) is 0.125. The zero-order valence-corrected chi connectivity index (χ0v) is 18.6. The summed E-state index contributed by atoms with van der Waals surface area (Å²) in [6, 6.07) is 19.7. The van der Waals surface area contributed by atoms with Crippen molar-refractivity contribution in [1.82, 2.24) is 10.2 Å². The third-order valence-corrected chi connectivity index (χ3v) is 4.97. The van der Waals surface area contributed by atoms with Crippen LogP contribution in [0.2, 0.25) is 5.02 Å². The average Bonchev–Trinajstić information content (AvgIpc) is 3.34. The summed E-state index contributed by atoms with van der Waals surface area (Å²) in [5, 5.41) is 11.3. The standard InChI is InChI=1S/C24H20ClN3O5/c1-30-20-13-21(31-2)18(12-17(20)25)26-22(29)14-32-19-11-7-6-10-16(19)24-28-27-23(33-24)15-8-4-3-5-9-15/h3-13H,14H2,1-2H3,(H,26,29).